The van der Waals surface area contributed by atoms with Crippen LogP contribution in [0.1, 0.15) is 173 Å². The lowest BCUT2D eigenvalue weighted by molar-refractivity contribution is -0.157. The van der Waals surface area contributed by atoms with E-state index in [4.69, 9.17) is 16.3 Å². The number of piperidine rings is 1. The van der Waals surface area contributed by atoms with Crippen LogP contribution in [0.4, 0.5) is 13.2 Å². The van der Waals surface area contributed by atoms with Crippen molar-refractivity contribution in [2.24, 2.45) is 17.8 Å². The number of benzene rings is 1. The molecule has 7 atom stereocenters. The molecule has 12 amide bonds. The summed E-state index contributed by atoms with van der Waals surface area (Å²) in [5.74, 6) is -8.58. The number of likely N-dealkylation sites (N-methyl/N-ethyl adjacent to an activating group) is 7. The normalized spacial score (nSPS) is 26.6. The molecule has 6 aliphatic rings. The van der Waals surface area contributed by atoms with Crippen LogP contribution in [0, 0.1) is 17.8 Å². The number of carbonyl (C=O) groups excluding carboxylic acids is 12. The quantitative estimate of drug-likeness (QED) is 0.263. The van der Waals surface area contributed by atoms with Gasteiger partial charge in [-0.15, -0.1) is 0 Å². The van der Waals surface area contributed by atoms with Crippen LogP contribution >= 0.6 is 11.6 Å². The second kappa shape index (κ2) is 36.2. The predicted molar refractivity (Wildman–Crippen MR) is 366 cm³/mol. The van der Waals surface area contributed by atoms with Crippen molar-refractivity contribution in [3.05, 3.63) is 34.3 Å². The maximum absolute atomic E-state index is 15.8. The zero-order valence-electron chi connectivity index (χ0n) is 60.3. The summed E-state index contributed by atoms with van der Waals surface area (Å²) in [4.78, 5) is 190. The van der Waals surface area contributed by atoms with Crippen LogP contribution in [-0.2, 0) is 74.9 Å². The molecule has 3 aliphatic heterocycles. The Morgan fingerprint density at radius 1 is 0.620 bits per heavy atom. The van der Waals surface area contributed by atoms with Crippen LogP contribution in [0.2, 0.25) is 5.02 Å². The van der Waals surface area contributed by atoms with E-state index in [1.165, 1.54) is 87.0 Å². The fourth-order valence-electron chi connectivity index (χ4n) is 15.6. The summed E-state index contributed by atoms with van der Waals surface area (Å²) in [5.41, 5.74) is -2.35. The summed E-state index contributed by atoms with van der Waals surface area (Å²) in [6.45, 7) is 2.36. The molecule has 1 aromatic carbocycles. The lowest BCUT2D eigenvalue weighted by Gasteiger charge is -2.43. The Balaban J connectivity index is 1.28. The number of rotatable bonds is 11. The highest BCUT2D eigenvalue weighted by Gasteiger charge is 2.51. The third-order valence-corrected chi connectivity index (χ3v) is 21.8. The van der Waals surface area contributed by atoms with Gasteiger partial charge in [0.2, 0.25) is 70.9 Å². The Bertz CT molecular complexity index is 3100. The molecule has 25 nitrogen and oxygen atoms in total. The average molecular weight is 1430 g/mol. The van der Waals surface area contributed by atoms with Crippen LogP contribution in [0.15, 0.2) is 18.2 Å². The van der Waals surface area contributed by atoms with Crippen LogP contribution in [0.5, 0.6) is 0 Å². The summed E-state index contributed by atoms with van der Waals surface area (Å²) < 4.78 is 47.0. The fraction of sp³-hybridized carbons (Fsp3) is 0.746. The van der Waals surface area contributed by atoms with E-state index >= 15 is 28.8 Å². The zero-order valence-corrected chi connectivity index (χ0v) is 61.0. The Hall–Kier alpha value is -7.10. The maximum Gasteiger partial charge on any atom is 0.417 e. The molecule has 3 aliphatic carbocycles. The Morgan fingerprint density at radius 3 is 1.83 bits per heavy atom. The minimum Gasteiger partial charge on any atom is -0.382 e. The largest absolute Gasteiger partial charge is 0.417 e. The number of likely N-dealkylation sites (tertiary alicyclic amines) is 1. The van der Waals surface area contributed by atoms with Gasteiger partial charge in [0.25, 0.3) is 0 Å². The topological polar surface area (TPSA) is 279 Å². The molecule has 100 heavy (non-hydrogen) atoms. The van der Waals surface area contributed by atoms with Crippen LogP contribution in [0.3, 0.4) is 0 Å². The molecule has 3 saturated heterocycles. The van der Waals surface area contributed by atoms with Gasteiger partial charge in [0.15, 0.2) is 0 Å². The number of alkyl halides is 3. The van der Waals surface area contributed by atoms with Gasteiger partial charge in [0.1, 0.15) is 47.8 Å². The standard InChI is InChI=1S/C71H108ClF3N12O13/c1-45(2)37-54-62(92)77-52(44-100-10)64(94)81(5)42-59(90)79(3)43-60(91)83(7)55(39-46-23-14-11-15-24-46)66(96)80(4)41-57(88)76-51(31-29-47-28-30-49(50(72)38-47)71(73,74)75)65(95)87-36-22-27-53(87)63(93)78-70(32-18-19-33-70)69(99)85(9)61(48-25-16-12-17-26-48)68(98)84(8)56(40-58(89)82(54)6)67(97)86-34-20-13-21-35-86/h28,30,38,45-46,48,51-56,61H,11-27,29,31-37,39-44H2,1-10H3,(H,76,88)(H,77,92)(H,78,93)/t51-,52-,53-,54-,55-,56-,61-/m0/s1. The Labute approximate surface area is 591 Å². The van der Waals surface area contributed by atoms with Crippen molar-refractivity contribution in [1.29, 1.82) is 0 Å². The Kier molecular flexibility index (Phi) is 29.0. The minimum absolute atomic E-state index is 0.0121. The van der Waals surface area contributed by atoms with Gasteiger partial charge in [-0.2, -0.15) is 13.2 Å². The van der Waals surface area contributed by atoms with Gasteiger partial charge in [0, 0.05) is 76.1 Å². The first kappa shape index (κ1) is 80.2. The number of nitrogens with zero attached hydrogens (tertiary/aromatic N) is 9. The van der Waals surface area contributed by atoms with Gasteiger partial charge < -0.3 is 64.8 Å². The summed E-state index contributed by atoms with van der Waals surface area (Å²) in [5, 5.41) is 8.00. The molecule has 29 heteroatoms. The van der Waals surface area contributed by atoms with E-state index in [9.17, 15) is 41.9 Å². The fourth-order valence-corrected chi connectivity index (χ4v) is 15.9. The van der Waals surface area contributed by atoms with Crippen LogP contribution < -0.4 is 16.0 Å². The summed E-state index contributed by atoms with van der Waals surface area (Å²) in [7, 11) is 11.2. The second-order valence-corrected chi connectivity index (χ2v) is 29.7. The molecule has 1 spiro atoms. The SMILES string of the molecule is COC[C@@H]1NC(=O)[C@H](CC(C)C)N(C)C(=O)C[C@@H](C(=O)N2CCCCC2)N(C)C(=O)[C@H](C2CCCCC2)N(C)C(=O)C2(CCCC2)NC(=O)[C@@H]2CCCN2C(=O)[C@H](CCc2ccc(C(F)(F)F)c(Cl)c2)NC(=O)CN(C)C(=O)[C@H](CC2CCCCC2)N(C)C(=O)CN(C)C(=O)CN(C)C1=O. The van der Waals surface area contributed by atoms with E-state index in [0.717, 1.165) is 84.6 Å². The number of fused-ring (bicyclic) bond motifs is 1. The van der Waals surface area contributed by atoms with E-state index in [-0.39, 0.29) is 69.9 Å². The molecule has 7 rings (SSSR count). The van der Waals surface area contributed by atoms with E-state index in [1.807, 2.05) is 13.8 Å². The van der Waals surface area contributed by atoms with Crippen LogP contribution in [0.25, 0.3) is 0 Å². The molecule has 3 heterocycles. The molecule has 0 radical (unpaired) electrons. The summed E-state index contributed by atoms with van der Waals surface area (Å²) in [6, 6.07) is -5.80. The van der Waals surface area contributed by atoms with Crippen molar-refractivity contribution < 1.29 is 75.4 Å². The number of hydrogen-bond donors (Lipinski definition) is 3. The number of amides is 12. The highest BCUT2D eigenvalue weighted by Crippen LogP contribution is 2.38. The molecule has 0 bridgehead atoms. The molecule has 3 N–H and O–H groups in total. The molecule has 558 valence electrons. The van der Waals surface area contributed by atoms with Gasteiger partial charge >= 0.3 is 6.18 Å². The number of aryl methyl sites for hydroxylation is 1. The zero-order chi connectivity index (χ0) is 73.5. The highest BCUT2D eigenvalue weighted by molar-refractivity contribution is 6.31. The third kappa shape index (κ3) is 20.4. The van der Waals surface area contributed by atoms with Crippen molar-refractivity contribution in [2.75, 3.05) is 102 Å². The number of halogens is 4. The van der Waals surface area contributed by atoms with Crippen molar-refractivity contribution >= 4 is 82.5 Å². The van der Waals surface area contributed by atoms with Gasteiger partial charge in [0.05, 0.1) is 43.2 Å². The molecular formula is C71H108ClF3N12O13. The van der Waals surface area contributed by atoms with Crippen LogP contribution in [-0.4, -0.2) is 265 Å². The number of nitrogens with one attached hydrogen (secondary N) is 3. The van der Waals surface area contributed by atoms with Gasteiger partial charge in [-0.3, -0.25) is 57.5 Å². The van der Waals surface area contributed by atoms with E-state index in [1.54, 1.807) is 4.90 Å². The van der Waals surface area contributed by atoms with Crippen molar-refractivity contribution in [2.45, 2.75) is 222 Å². The van der Waals surface area contributed by atoms with E-state index < -0.39 is 167 Å². The molecule has 0 unspecified atom stereocenters. The first-order valence-corrected chi connectivity index (χ1v) is 36.3. The van der Waals surface area contributed by atoms with Crippen molar-refractivity contribution in [3.8, 4) is 0 Å². The number of methoxy groups -OCH3 is 1. The van der Waals surface area contributed by atoms with Gasteiger partial charge in [-0.05, 0) is 119 Å². The Morgan fingerprint density at radius 2 is 1.22 bits per heavy atom. The molecule has 0 aromatic heterocycles. The average Bonchev–Trinajstić information content (AvgIpc) is 1.45. The third-order valence-electron chi connectivity index (χ3n) is 21.5. The smallest absolute Gasteiger partial charge is 0.382 e. The number of hydrogen-bond acceptors (Lipinski definition) is 13. The first-order chi connectivity index (χ1) is 47.3. The number of ether oxygens (including phenoxy) is 1. The van der Waals surface area contributed by atoms with E-state index in [0.29, 0.717) is 63.6 Å². The van der Waals surface area contributed by atoms with Crippen molar-refractivity contribution in [1.82, 2.24) is 60.0 Å². The highest BCUT2D eigenvalue weighted by atomic mass is 35.5. The summed E-state index contributed by atoms with van der Waals surface area (Å²) in [6.07, 6.45) is 6.52. The summed E-state index contributed by atoms with van der Waals surface area (Å²) >= 11 is 6.16. The van der Waals surface area contributed by atoms with Gasteiger partial charge in [-0.25, -0.2) is 0 Å². The molecule has 3 saturated carbocycles. The minimum atomic E-state index is -4.76. The first-order valence-electron chi connectivity index (χ1n) is 35.9. The predicted octanol–water partition coefficient (Wildman–Crippen LogP) is 5.02. The lowest BCUT2D eigenvalue weighted by atomic mass is 9.81. The number of carbonyl (C=O) groups is 12. The molecule has 6 fully saturated rings. The maximum atomic E-state index is 15.8. The molecular weight excluding hydrogens is 1320 g/mol. The molecule has 1 aromatic rings. The monoisotopic (exact) mass is 1430 g/mol. The van der Waals surface area contributed by atoms with Crippen molar-refractivity contribution in [3.63, 3.8) is 0 Å². The van der Waals surface area contributed by atoms with E-state index in [2.05, 4.69) is 16.0 Å². The second-order valence-electron chi connectivity index (χ2n) is 29.3. The van der Waals surface area contributed by atoms with Gasteiger partial charge in [-0.1, -0.05) is 95.7 Å². The lowest BCUT2D eigenvalue weighted by Crippen LogP contribution is -2.65.